The van der Waals surface area contributed by atoms with Crippen molar-refractivity contribution in [3.8, 4) is 5.75 Å². The van der Waals surface area contributed by atoms with Gasteiger partial charge in [0.1, 0.15) is 11.4 Å². The van der Waals surface area contributed by atoms with Crippen LogP contribution in [0, 0.1) is 5.92 Å². The first-order valence-electron chi connectivity index (χ1n) is 13.4. The Hall–Kier alpha value is -2.81. The van der Waals surface area contributed by atoms with Gasteiger partial charge in [-0.25, -0.2) is 0 Å². The third-order valence-corrected chi connectivity index (χ3v) is 5.60. The molecule has 2 aromatic carbocycles. The fraction of sp³-hybridized carbons (Fsp3) is 0.552. The number of hydrogen-bond donors (Lipinski definition) is 3. The summed E-state index contributed by atoms with van der Waals surface area (Å²) in [5.74, 6) is 0.653. The molecule has 0 heterocycles. The van der Waals surface area contributed by atoms with Crippen molar-refractivity contribution in [1.82, 2.24) is 10.6 Å². The zero-order valence-electron chi connectivity index (χ0n) is 22.8. The number of benzene rings is 2. The summed E-state index contributed by atoms with van der Waals surface area (Å²) in [7, 11) is 0. The number of phenolic OH excluding ortho intramolecular Hbond substituents is 1. The van der Waals surface area contributed by atoms with Crippen LogP contribution in [0.1, 0.15) is 62.9 Å². The second-order valence-electron chi connectivity index (χ2n) is 9.80. The Bertz CT molecular complexity index is 945. The number of aromatic hydroxyl groups is 1. The Morgan fingerprint density at radius 1 is 0.892 bits per heavy atom. The molecule has 0 spiro atoms. The minimum absolute atomic E-state index is 0.0819. The molecule has 37 heavy (non-hydrogen) atoms. The SMILES string of the molecule is CC(C)CCCOCCOCCCNC(=O)c1ccc(N=Nc2cc(CCNC(C)C)ccc2O)cc1. The molecule has 8 heteroatoms. The van der Waals surface area contributed by atoms with Crippen molar-refractivity contribution in [3.63, 3.8) is 0 Å². The van der Waals surface area contributed by atoms with E-state index in [-0.39, 0.29) is 11.7 Å². The molecule has 0 bridgehead atoms. The molecular weight excluding hydrogens is 468 g/mol. The summed E-state index contributed by atoms with van der Waals surface area (Å²) in [6, 6.07) is 12.7. The first kappa shape index (κ1) is 30.4. The van der Waals surface area contributed by atoms with Gasteiger partial charge in [0.15, 0.2) is 0 Å². The lowest BCUT2D eigenvalue weighted by Crippen LogP contribution is -2.25. The monoisotopic (exact) mass is 512 g/mol. The van der Waals surface area contributed by atoms with Crippen LogP contribution in [0.5, 0.6) is 5.75 Å². The standard InChI is InChI=1S/C29H44N4O4/c1-22(2)7-5-17-36-19-20-37-18-6-15-31-29(35)25-9-11-26(12-10-25)32-33-27-21-24(8-13-28(27)34)14-16-30-23(3)4/h8-13,21-23,30,34H,5-7,14-20H2,1-4H3,(H,31,35). The summed E-state index contributed by atoms with van der Waals surface area (Å²) in [5.41, 5.74) is 2.64. The molecule has 8 nitrogen and oxygen atoms in total. The highest BCUT2D eigenvalue weighted by molar-refractivity contribution is 5.94. The van der Waals surface area contributed by atoms with Gasteiger partial charge in [-0.2, -0.15) is 5.11 Å². The Labute approximate surface area is 221 Å². The van der Waals surface area contributed by atoms with Crippen molar-refractivity contribution >= 4 is 17.3 Å². The maximum atomic E-state index is 12.4. The van der Waals surface area contributed by atoms with Crippen LogP contribution in [0.15, 0.2) is 52.7 Å². The molecule has 0 aliphatic carbocycles. The number of ether oxygens (including phenoxy) is 2. The highest BCUT2D eigenvalue weighted by atomic mass is 16.5. The zero-order valence-corrected chi connectivity index (χ0v) is 22.8. The summed E-state index contributed by atoms with van der Waals surface area (Å²) in [4.78, 5) is 12.4. The number of hydrogen-bond acceptors (Lipinski definition) is 7. The minimum Gasteiger partial charge on any atom is -0.506 e. The van der Waals surface area contributed by atoms with Gasteiger partial charge >= 0.3 is 0 Å². The van der Waals surface area contributed by atoms with Crippen LogP contribution in [0.4, 0.5) is 11.4 Å². The third kappa shape index (κ3) is 13.3. The molecular formula is C29H44N4O4. The van der Waals surface area contributed by atoms with Gasteiger partial charge in [0, 0.05) is 31.4 Å². The molecule has 2 rings (SSSR count). The molecule has 2 aromatic rings. The molecule has 0 aliphatic rings. The van der Waals surface area contributed by atoms with Crippen molar-refractivity contribution in [2.24, 2.45) is 16.1 Å². The van der Waals surface area contributed by atoms with E-state index in [4.69, 9.17) is 9.47 Å². The minimum atomic E-state index is -0.141. The van der Waals surface area contributed by atoms with Crippen molar-refractivity contribution in [1.29, 1.82) is 0 Å². The number of rotatable bonds is 18. The van der Waals surface area contributed by atoms with Crippen molar-refractivity contribution in [2.45, 2.75) is 59.4 Å². The van der Waals surface area contributed by atoms with E-state index in [1.54, 1.807) is 30.3 Å². The van der Waals surface area contributed by atoms with Crippen LogP contribution in [-0.4, -0.2) is 56.6 Å². The van der Waals surface area contributed by atoms with Crippen LogP contribution in [0.25, 0.3) is 0 Å². The predicted octanol–water partition coefficient (Wildman–Crippen LogP) is 5.94. The van der Waals surface area contributed by atoms with E-state index in [1.807, 2.05) is 12.1 Å². The molecule has 0 unspecified atom stereocenters. The molecule has 0 saturated heterocycles. The molecule has 0 aromatic heterocycles. The smallest absolute Gasteiger partial charge is 0.251 e. The summed E-state index contributed by atoms with van der Waals surface area (Å²) in [6.45, 7) is 12.6. The maximum absolute atomic E-state index is 12.4. The molecule has 0 fully saturated rings. The van der Waals surface area contributed by atoms with Crippen molar-refractivity contribution < 1.29 is 19.4 Å². The van der Waals surface area contributed by atoms with E-state index >= 15 is 0 Å². The van der Waals surface area contributed by atoms with Crippen LogP contribution in [-0.2, 0) is 15.9 Å². The Morgan fingerprint density at radius 3 is 2.27 bits per heavy atom. The average Bonchev–Trinajstić information content (AvgIpc) is 2.87. The van der Waals surface area contributed by atoms with Gasteiger partial charge in [-0.05, 0) is 80.1 Å². The number of nitrogens with zero attached hydrogens (tertiary/aromatic N) is 2. The number of nitrogens with one attached hydrogen (secondary N) is 2. The summed E-state index contributed by atoms with van der Waals surface area (Å²) >= 11 is 0. The van der Waals surface area contributed by atoms with Gasteiger partial charge in [0.05, 0.1) is 18.9 Å². The number of amides is 1. The van der Waals surface area contributed by atoms with Gasteiger partial charge in [-0.15, -0.1) is 5.11 Å². The van der Waals surface area contributed by atoms with Crippen molar-refractivity contribution in [3.05, 3.63) is 53.6 Å². The van der Waals surface area contributed by atoms with Crippen molar-refractivity contribution in [2.75, 3.05) is 39.5 Å². The Balaban J connectivity index is 1.67. The fourth-order valence-electron chi connectivity index (χ4n) is 3.49. The molecule has 3 N–H and O–H groups in total. The topological polar surface area (TPSA) is 105 Å². The molecule has 1 amide bonds. The molecule has 204 valence electrons. The van der Waals surface area contributed by atoms with Gasteiger partial charge in [-0.3, -0.25) is 4.79 Å². The van der Waals surface area contributed by atoms with Gasteiger partial charge in [0.25, 0.3) is 5.91 Å². The van der Waals surface area contributed by atoms with E-state index < -0.39 is 0 Å². The van der Waals surface area contributed by atoms with E-state index in [1.165, 1.54) is 6.42 Å². The average molecular weight is 513 g/mol. The van der Waals surface area contributed by atoms with Gasteiger partial charge < -0.3 is 25.2 Å². The summed E-state index contributed by atoms with van der Waals surface area (Å²) < 4.78 is 11.1. The summed E-state index contributed by atoms with van der Waals surface area (Å²) in [5, 5.41) is 24.8. The third-order valence-electron chi connectivity index (χ3n) is 5.60. The lowest BCUT2D eigenvalue weighted by molar-refractivity contribution is 0.0448. The van der Waals surface area contributed by atoms with Crippen LogP contribution >= 0.6 is 0 Å². The lowest BCUT2D eigenvalue weighted by Gasteiger charge is -2.08. The van der Waals surface area contributed by atoms with E-state index in [0.29, 0.717) is 55.3 Å². The normalized spacial score (nSPS) is 11.6. The maximum Gasteiger partial charge on any atom is 0.251 e. The first-order valence-corrected chi connectivity index (χ1v) is 13.4. The van der Waals surface area contributed by atoms with E-state index in [0.717, 1.165) is 38.0 Å². The first-order chi connectivity index (χ1) is 17.8. The second kappa shape index (κ2) is 17.6. The van der Waals surface area contributed by atoms with Crippen LogP contribution in [0.2, 0.25) is 0 Å². The van der Waals surface area contributed by atoms with E-state index in [2.05, 4.69) is 48.6 Å². The number of carbonyl (C=O) groups excluding carboxylic acids is 1. The quantitative estimate of drug-likeness (QED) is 0.169. The second-order valence-corrected chi connectivity index (χ2v) is 9.80. The molecule has 0 saturated carbocycles. The molecule has 0 radical (unpaired) electrons. The zero-order chi connectivity index (χ0) is 26.9. The van der Waals surface area contributed by atoms with Crippen LogP contribution in [0.3, 0.4) is 0 Å². The lowest BCUT2D eigenvalue weighted by atomic mass is 10.1. The summed E-state index contributed by atoms with van der Waals surface area (Å²) in [6.07, 6.45) is 3.84. The largest absolute Gasteiger partial charge is 0.506 e. The van der Waals surface area contributed by atoms with Gasteiger partial charge in [-0.1, -0.05) is 33.8 Å². The highest BCUT2D eigenvalue weighted by Gasteiger charge is 2.06. The fourth-order valence-corrected chi connectivity index (χ4v) is 3.49. The predicted molar refractivity (Wildman–Crippen MR) is 148 cm³/mol. The number of carbonyl (C=O) groups is 1. The molecule has 0 atom stereocenters. The highest BCUT2D eigenvalue weighted by Crippen LogP contribution is 2.29. The van der Waals surface area contributed by atoms with Gasteiger partial charge in [0.2, 0.25) is 0 Å². The Morgan fingerprint density at radius 2 is 1.59 bits per heavy atom. The number of phenols is 1. The van der Waals surface area contributed by atoms with E-state index in [9.17, 15) is 9.90 Å². The number of azo groups is 1. The Kier molecular flexibility index (Phi) is 14.5. The molecule has 0 aliphatic heterocycles. The van der Waals surface area contributed by atoms with Crippen LogP contribution < -0.4 is 10.6 Å².